The number of benzene rings is 1. The minimum atomic E-state index is -4.32. The Bertz CT molecular complexity index is 438. The van der Waals surface area contributed by atoms with Crippen LogP contribution < -0.4 is 29.6 Å². The summed E-state index contributed by atoms with van der Waals surface area (Å²) in [6.07, 6.45) is 0. The Labute approximate surface area is 107 Å². The van der Waals surface area contributed by atoms with Crippen molar-refractivity contribution in [3.8, 4) is 0 Å². The van der Waals surface area contributed by atoms with E-state index in [2.05, 4.69) is 0 Å². The first kappa shape index (κ1) is 14.1. The molecular weight excluding hydrogens is 211 g/mol. The van der Waals surface area contributed by atoms with Gasteiger partial charge in [0, 0.05) is 0 Å². The standard InChI is InChI=1S/C9H12O3S.Na/c1-6-4-8(3)9(5-7(6)2)13(10,11)12;/h4-5H,1-3H3,(H,10,11,12);/q;+1/p-1. The molecule has 1 rings (SSSR count). The second-order valence-electron chi connectivity index (χ2n) is 3.16. The van der Waals surface area contributed by atoms with E-state index in [1.807, 2.05) is 6.92 Å². The van der Waals surface area contributed by atoms with Gasteiger partial charge in [-0.1, -0.05) is 6.07 Å². The van der Waals surface area contributed by atoms with Gasteiger partial charge in [-0.05, 0) is 43.5 Å². The van der Waals surface area contributed by atoms with Crippen LogP contribution in [0.1, 0.15) is 16.7 Å². The van der Waals surface area contributed by atoms with Crippen molar-refractivity contribution in [1.82, 2.24) is 0 Å². The van der Waals surface area contributed by atoms with Crippen LogP contribution in [0.5, 0.6) is 0 Å². The maximum atomic E-state index is 10.8. The van der Waals surface area contributed by atoms with Crippen molar-refractivity contribution in [2.75, 3.05) is 0 Å². The zero-order valence-electron chi connectivity index (χ0n) is 8.79. The quantitative estimate of drug-likeness (QED) is 0.430. The zero-order valence-corrected chi connectivity index (χ0v) is 11.6. The van der Waals surface area contributed by atoms with Crippen molar-refractivity contribution in [3.63, 3.8) is 0 Å². The van der Waals surface area contributed by atoms with Crippen LogP contribution in [0, 0.1) is 20.8 Å². The van der Waals surface area contributed by atoms with E-state index in [0.29, 0.717) is 5.56 Å². The van der Waals surface area contributed by atoms with Gasteiger partial charge in [-0.2, -0.15) is 0 Å². The van der Waals surface area contributed by atoms with Crippen LogP contribution in [0.25, 0.3) is 0 Å². The molecule has 0 N–H and O–H groups in total. The van der Waals surface area contributed by atoms with E-state index >= 15 is 0 Å². The fraction of sp³-hybridized carbons (Fsp3) is 0.333. The first-order chi connectivity index (χ1) is 5.82. The van der Waals surface area contributed by atoms with E-state index in [1.165, 1.54) is 6.07 Å². The summed E-state index contributed by atoms with van der Waals surface area (Å²) in [5, 5.41) is 0. The molecule has 1 aromatic carbocycles. The van der Waals surface area contributed by atoms with Crippen LogP contribution in [-0.4, -0.2) is 13.0 Å². The third-order valence-corrected chi connectivity index (χ3v) is 3.04. The van der Waals surface area contributed by atoms with Gasteiger partial charge in [-0.25, -0.2) is 8.42 Å². The Kier molecular flexibility index (Phi) is 4.81. The monoisotopic (exact) mass is 222 g/mol. The summed E-state index contributed by atoms with van der Waals surface area (Å²) in [6, 6.07) is 3.13. The third-order valence-electron chi connectivity index (χ3n) is 2.06. The fourth-order valence-electron chi connectivity index (χ4n) is 1.20. The Morgan fingerprint density at radius 2 is 1.43 bits per heavy atom. The molecule has 72 valence electrons. The first-order valence-electron chi connectivity index (χ1n) is 3.86. The first-order valence-corrected chi connectivity index (χ1v) is 5.27. The van der Waals surface area contributed by atoms with Crippen molar-refractivity contribution in [1.29, 1.82) is 0 Å². The molecule has 5 heteroatoms. The van der Waals surface area contributed by atoms with Crippen molar-refractivity contribution in [3.05, 3.63) is 28.8 Å². The van der Waals surface area contributed by atoms with Gasteiger partial charge in [-0.15, -0.1) is 0 Å². The molecular formula is C9H11NaO3S. The number of rotatable bonds is 1. The molecule has 14 heavy (non-hydrogen) atoms. The minimum absolute atomic E-state index is 0. The Morgan fingerprint density at radius 3 is 1.86 bits per heavy atom. The van der Waals surface area contributed by atoms with E-state index in [1.54, 1.807) is 19.9 Å². The van der Waals surface area contributed by atoms with Crippen molar-refractivity contribution < 1.29 is 42.5 Å². The van der Waals surface area contributed by atoms with Gasteiger partial charge in [0.05, 0.1) is 4.90 Å². The molecule has 3 nitrogen and oxygen atoms in total. The third kappa shape index (κ3) is 3.07. The molecule has 0 saturated heterocycles. The van der Waals surface area contributed by atoms with Crippen LogP contribution in [0.15, 0.2) is 17.0 Å². The van der Waals surface area contributed by atoms with E-state index < -0.39 is 10.1 Å². The second-order valence-corrected chi connectivity index (χ2v) is 4.50. The molecule has 0 bridgehead atoms. The number of hydrogen-bond donors (Lipinski definition) is 0. The van der Waals surface area contributed by atoms with E-state index in [-0.39, 0.29) is 34.5 Å². The summed E-state index contributed by atoms with van der Waals surface area (Å²) in [6.45, 7) is 5.28. The van der Waals surface area contributed by atoms with E-state index in [9.17, 15) is 13.0 Å². The van der Waals surface area contributed by atoms with Gasteiger partial charge in [-0.3, -0.25) is 0 Å². The van der Waals surface area contributed by atoms with Crippen molar-refractivity contribution >= 4 is 10.1 Å². The van der Waals surface area contributed by atoms with E-state index in [0.717, 1.165) is 11.1 Å². The summed E-state index contributed by atoms with van der Waals surface area (Å²) in [5.41, 5.74) is 2.32. The predicted octanol–water partition coefficient (Wildman–Crippen LogP) is -1.48. The number of aryl methyl sites for hydroxylation is 3. The Balaban J connectivity index is 0.00000169. The topological polar surface area (TPSA) is 57.2 Å². The molecule has 0 spiro atoms. The molecule has 0 saturated carbocycles. The average Bonchev–Trinajstić information content (AvgIpc) is 1.94. The largest absolute Gasteiger partial charge is 1.00 e. The van der Waals surface area contributed by atoms with Gasteiger partial charge in [0.15, 0.2) is 0 Å². The van der Waals surface area contributed by atoms with Gasteiger partial charge in [0.1, 0.15) is 10.1 Å². The summed E-state index contributed by atoms with van der Waals surface area (Å²) in [5.74, 6) is 0. The second kappa shape index (κ2) is 4.77. The molecule has 0 unspecified atom stereocenters. The molecule has 0 atom stereocenters. The van der Waals surface area contributed by atoms with Crippen LogP contribution in [-0.2, 0) is 10.1 Å². The summed E-state index contributed by atoms with van der Waals surface area (Å²) < 4.78 is 32.3. The Hall–Kier alpha value is 0.130. The van der Waals surface area contributed by atoms with Crippen LogP contribution >= 0.6 is 0 Å². The van der Waals surface area contributed by atoms with Crippen LogP contribution in [0.3, 0.4) is 0 Å². The summed E-state index contributed by atoms with van der Waals surface area (Å²) >= 11 is 0. The molecule has 0 amide bonds. The predicted molar refractivity (Wildman–Crippen MR) is 48.6 cm³/mol. The average molecular weight is 222 g/mol. The number of hydrogen-bond acceptors (Lipinski definition) is 3. The molecule has 0 aromatic heterocycles. The van der Waals surface area contributed by atoms with Gasteiger partial charge in [0.2, 0.25) is 0 Å². The van der Waals surface area contributed by atoms with Gasteiger partial charge in [0.25, 0.3) is 0 Å². The molecule has 0 radical (unpaired) electrons. The normalized spacial score (nSPS) is 10.9. The summed E-state index contributed by atoms with van der Waals surface area (Å²) in [4.78, 5) is -0.115. The molecule has 0 aliphatic carbocycles. The minimum Gasteiger partial charge on any atom is -0.744 e. The van der Waals surface area contributed by atoms with Gasteiger partial charge >= 0.3 is 29.6 Å². The maximum Gasteiger partial charge on any atom is 1.00 e. The molecule has 0 aliphatic rings. The van der Waals surface area contributed by atoms with Crippen molar-refractivity contribution in [2.24, 2.45) is 0 Å². The molecule has 0 aliphatic heterocycles. The van der Waals surface area contributed by atoms with Crippen LogP contribution in [0.4, 0.5) is 0 Å². The van der Waals surface area contributed by atoms with Crippen LogP contribution in [0.2, 0.25) is 0 Å². The molecule has 0 fully saturated rings. The van der Waals surface area contributed by atoms with E-state index in [4.69, 9.17) is 0 Å². The molecule has 0 heterocycles. The maximum absolute atomic E-state index is 10.8. The van der Waals surface area contributed by atoms with Crippen molar-refractivity contribution in [2.45, 2.75) is 25.7 Å². The summed E-state index contributed by atoms with van der Waals surface area (Å²) in [7, 11) is -4.32. The zero-order chi connectivity index (χ0) is 10.2. The smallest absolute Gasteiger partial charge is 0.744 e. The molecule has 1 aromatic rings. The fourth-order valence-corrected chi connectivity index (χ4v) is 1.98. The Morgan fingerprint density at radius 1 is 1.00 bits per heavy atom. The SMILES string of the molecule is Cc1cc(C)c(S(=O)(=O)[O-])cc1C.[Na+]. The van der Waals surface area contributed by atoms with Gasteiger partial charge < -0.3 is 4.55 Å².